The molecule has 1 heterocycles. The second-order valence-electron chi connectivity index (χ2n) is 9.68. The molecule has 32 heavy (non-hydrogen) atoms. The zero-order valence-corrected chi connectivity index (χ0v) is 18.1. The van der Waals surface area contributed by atoms with Gasteiger partial charge >= 0.3 is 6.03 Å². The fourth-order valence-electron chi connectivity index (χ4n) is 6.27. The Balaban J connectivity index is 1.11. The van der Waals surface area contributed by atoms with Crippen molar-refractivity contribution in [2.45, 2.75) is 57.4 Å². The molecule has 0 unspecified atom stereocenters. The lowest BCUT2D eigenvalue weighted by atomic mass is 9.53. The maximum absolute atomic E-state index is 14.2. The van der Waals surface area contributed by atoms with Crippen molar-refractivity contribution in [3.63, 3.8) is 0 Å². The number of urea groups is 1. The van der Waals surface area contributed by atoms with Crippen LogP contribution < -0.4 is 16.0 Å². The van der Waals surface area contributed by atoms with E-state index in [0.29, 0.717) is 11.5 Å². The Morgan fingerprint density at radius 2 is 1.84 bits per heavy atom. The zero-order chi connectivity index (χ0) is 22.3. The minimum absolute atomic E-state index is 0.0556. The second kappa shape index (κ2) is 8.14. The molecular weight excluding hydrogens is 413 g/mol. The van der Waals surface area contributed by atoms with Crippen molar-refractivity contribution in [2.24, 2.45) is 17.8 Å². The molecular formula is C22H28FN7O2. The number of nitrogens with zero attached hydrogens (tertiary/aromatic N) is 4. The number of halogens is 1. The number of hydrogen-bond acceptors (Lipinski definition) is 5. The summed E-state index contributed by atoms with van der Waals surface area (Å²) >= 11 is 0. The van der Waals surface area contributed by atoms with Crippen LogP contribution in [0.2, 0.25) is 0 Å². The van der Waals surface area contributed by atoms with Crippen molar-refractivity contribution >= 4 is 17.6 Å². The molecule has 6 rings (SSSR count). The molecule has 1 aromatic heterocycles. The van der Waals surface area contributed by atoms with Gasteiger partial charge in [-0.25, -0.2) is 9.18 Å². The van der Waals surface area contributed by atoms with E-state index in [0.717, 1.165) is 37.0 Å². The number of amides is 3. The first kappa shape index (κ1) is 20.8. The summed E-state index contributed by atoms with van der Waals surface area (Å²) in [6.45, 7) is 1.88. The number of carbonyl (C=O) groups is 2. The molecule has 3 N–H and O–H groups in total. The van der Waals surface area contributed by atoms with Gasteiger partial charge in [0, 0.05) is 24.2 Å². The number of carbonyl (C=O) groups excluding carboxylic acids is 2. The summed E-state index contributed by atoms with van der Waals surface area (Å²) in [7, 11) is 0. The van der Waals surface area contributed by atoms with Crippen LogP contribution in [0.4, 0.5) is 14.9 Å². The third kappa shape index (κ3) is 4.18. The van der Waals surface area contributed by atoms with Crippen LogP contribution in [0.5, 0.6) is 0 Å². The zero-order valence-electron chi connectivity index (χ0n) is 18.1. The summed E-state index contributed by atoms with van der Waals surface area (Å²) in [5.41, 5.74) is 0.526. The van der Waals surface area contributed by atoms with Gasteiger partial charge in [0.1, 0.15) is 11.5 Å². The fraction of sp³-hybridized carbons (Fsp3) is 0.591. The summed E-state index contributed by atoms with van der Waals surface area (Å²) in [5.74, 6) is 1.93. The standard InChI is InChI=1S/C22H28FN7O2/c1-13-27-28-29-30(13)19-9-17(2-3-18(19)23)25-20(31)4-5-24-21(32)26-22-10-14-6-15(11-22)8-16(7-14)12-22/h2-3,9,14-16H,4-8,10-12H2,1H3,(H,25,31)(H2,24,26,32). The van der Waals surface area contributed by atoms with E-state index in [9.17, 15) is 14.0 Å². The molecule has 0 saturated heterocycles. The van der Waals surface area contributed by atoms with Crippen LogP contribution >= 0.6 is 0 Å². The topological polar surface area (TPSA) is 114 Å². The van der Waals surface area contributed by atoms with Crippen LogP contribution in [0.3, 0.4) is 0 Å². The average Bonchev–Trinajstić information content (AvgIpc) is 3.13. The first-order valence-electron chi connectivity index (χ1n) is 11.3. The third-order valence-electron chi connectivity index (χ3n) is 7.14. The van der Waals surface area contributed by atoms with Gasteiger partial charge in [0.05, 0.1) is 0 Å². The number of rotatable bonds is 6. The molecule has 9 nitrogen and oxygen atoms in total. The summed E-state index contributed by atoms with van der Waals surface area (Å²) in [5, 5.41) is 19.8. The molecule has 170 valence electrons. The van der Waals surface area contributed by atoms with E-state index in [4.69, 9.17) is 0 Å². The SMILES string of the molecule is Cc1nnnn1-c1cc(NC(=O)CCNC(=O)NC23CC4CC(CC(C4)C2)C3)ccc1F. The van der Waals surface area contributed by atoms with Crippen molar-refractivity contribution in [3.8, 4) is 5.69 Å². The summed E-state index contributed by atoms with van der Waals surface area (Å²) in [4.78, 5) is 24.8. The smallest absolute Gasteiger partial charge is 0.315 e. The van der Waals surface area contributed by atoms with Crippen molar-refractivity contribution < 1.29 is 14.0 Å². The number of nitrogens with one attached hydrogen (secondary N) is 3. The van der Waals surface area contributed by atoms with Crippen LogP contribution in [0, 0.1) is 30.5 Å². The quantitative estimate of drug-likeness (QED) is 0.638. The van der Waals surface area contributed by atoms with Crippen molar-refractivity contribution in [3.05, 3.63) is 29.8 Å². The highest BCUT2D eigenvalue weighted by Crippen LogP contribution is 2.55. The molecule has 4 saturated carbocycles. The Labute approximate surface area is 185 Å². The van der Waals surface area contributed by atoms with Crippen LogP contribution in [-0.4, -0.2) is 44.2 Å². The van der Waals surface area contributed by atoms with Crippen molar-refractivity contribution in [1.82, 2.24) is 30.8 Å². The maximum Gasteiger partial charge on any atom is 0.315 e. The van der Waals surface area contributed by atoms with Crippen molar-refractivity contribution in [1.29, 1.82) is 0 Å². The molecule has 0 atom stereocenters. The van der Waals surface area contributed by atoms with E-state index in [1.165, 1.54) is 42.1 Å². The Morgan fingerprint density at radius 1 is 1.16 bits per heavy atom. The Bertz CT molecular complexity index is 1000. The van der Waals surface area contributed by atoms with Gasteiger partial charge in [-0.05, 0) is 91.8 Å². The largest absolute Gasteiger partial charge is 0.338 e. The number of anilines is 1. The number of aryl methyl sites for hydroxylation is 1. The van der Waals surface area contributed by atoms with Gasteiger partial charge in [-0.2, -0.15) is 4.68 Å². The predicted octanol–water partition coefficient (Wildman–Crippen LogP) is 2.71. The molecule has 0 spiro atoms. The molecule has 1 aromatic carbocycles. The predicted molar refractivity (Wildman–Crippen MR) is 115 cm³/mol. The van der Waals surface area contributed by atoms with Crippen LogP contribution in [0.25, 0.3) is 5.69 Å². The fourth-order valence-corrected chi connectivity index (χ4v) is 6.27. The Kier molecular flexibility index (Phi) is 5.30. The van der Waals surface area contributed by atoms with Gasteiger partial charge in [-0.1, -0.05) is 0 Å². The highest BCUT2D eigenvalue weighted by atomic mass is 19.1. The van der Waals surface area contributed by atoms with Gasteiger partial charge < -0.3 is 16.0 Å². The Hall–Kier alpha value is -3.04. The van der Waals surface area contributed by atoms with E-state index in [-0.39, 0.29) is 36.1 Å². The average molecular weight is 442 g/mol. The summed E-state index contributed by atoms with van der Waals surface area (Å²) in [6.07, 6.45) is 7.33. The Morgan fingerprint density at radius 3 is 2.47 bits per heavy atom. The maximum atomic E-state index is 14.2. The molecule has 4 bridgehead atoms. The lowest BCUT2D eigenvalue weighted by Gasteiger charge is -2.56. The molecule has 3 amide bonds. The third-order valence-corrected chi connectivity index (χ3v) is 7.14. The number of hydrogen-bond donors (Lipinski definition) is 3. The van der Waals surface area contributed by atoms with Crippen LogP contribution in [0.15, 0.2) is 18.2 Å². The highest BCUT2D eigenvalue weighted by Gasteiger charge is 2.51. The highest BCUT2D eigenvalue weighted by molar-refractivity contribution is 5.91. The first-order chi connectivity index (χ1) is 15.4. The minimum Gasteiger partial charge on any atom is -0.338 e. The van der Waals surface area contributed by atoms with Crippen molar-refractivity contribution in [2.75, 3.05) is 11.9 Å². The lowest BCUT2D eigenvalue weighted by Crippen LogP contribution is -2.61. The van der Waals surface area contributed by atoms with E-state index < -0.39 is 5.82 Å². The number of tetrazole rings is 1. The van der Waals surface area contributed by atoms with E-state index in [2.05, 4.69) is 31.5 Å². The molecule has 10 heteroatoms. The van der Waals surface area contributed by atoms with Gasteiger partial charge in [0.2, 0.25) is 5.91 Å². The molecule has 4 aliphatic rings. The van der Waals surface area contributed by atoms with E-state index in [1.54, 1.807) is 6.92 Å². The molecule has 0 aliphatic heterocycles. The van der Waals surface area contributed by atoms with Gasteiger partial charge in [0.15, 0.2) is 5.82 Å². The lowest BCUT2D eigenvalue weighted by molar-refractivity contribution is -0.116. The van der Waals surface area contributed by atoms with E-state index >= 15 is 0 Å². The normalized spacial score (nSPS) is 27.9. The molecule has 2 aromatic rings. The van der Waals surface area contributed by atoms with Crippen LogP contribution in [0.1, 0.15) is 50.8 Å². The molecule has 4 fully saturated rings. The molecule has 4 aliphatic carbocycles. The monoisotopic (exact) mass is 441 g/mol. The van der Waals surface area contributed by atoms with E-state index in [1.807, 2.05) is 0 Å². The minimum atomic E-state index is -0.499. The molecule has 0 radical (unpaired) electrons. The summed E-state index contributed by atoms with van der Waals surface area (Å²) in [6, 6.07) is 4.01. The second-order valence-corrected chi connectivity index (χ2v) is 9.68. The number of aromatic nitrogens is 4. The van der Waals surface area contributed by atoms with Gasteiger partial charge in [-0.15, -0.1) is 5.10 Å². The van der Waals surface area contributed by atoms with Gasteiger partial charge in [0.25, 0.3) is 0 Å². The number of benzene rings is 1. The van der Waals surface area contributed by atoms with Gasteiger partial charge in [-0.3, -0.25) is 4.79 Å². The first-order valence-corrected chi connectivity index (χ1v) is 11.3. The summed E-state index contributed by atoms with van der Waals surface area (Å²) < 4.78 is 15.4. The van der Waals surface area contributed by atoms with Crippen LogP contribution in [-0.2, 0) is 4.79 Å².